The molecule has 154 valence electrons. The number of carbonyl (C=O) groups is 2. The van der Waals surface area contributed by atoms with Crippen LogP contribution in [0.5, 0.6) is 0 Å². The number of imide groups is 1. The number of nitro benzene ring substituents is 1. The van der Waals surface area contributed by atoms with Crippen LogP contribution in [0.1, 0.15) is 5.56 Å². The molecule has 0 saturated carbocycles. The number of amides is 2. The van der Waals surface area contributed by atoms with Crippen LogP contribution in [0.4, 0.5) is 11.4 Å². The summed E-state index contributed by atoms with van der Waals surface area (Å²) in [6.07, 6.45) is 0. The molecule has 0 N–H and O–H groups in total. The van der Waals surface area contributed by atoms with Crippen molar-refractivity contribution in [1.82, 2.24) is 9.80 Å². The summed E-state index contributed by atoms with van der Waals surface area (Å²) < 4.78 is 0. The summed E-state index contributed by atoms with van der Waals surface area (Å²) in [5.74, 6) is -0.856. The molecule has 2 heterocycles. The third-order valence-electron chi connectivity index (χ3n) is 5.33. The molecule has 8 nitrogen and oxygen atoms in total. The van der Waals surface area contributed by atoms with Crippen molar-refractivity contribution in [3.05, 3.63) is 74.9 Å². The highest BCUT2D eigenvalue weighted by atomic mass is 35.5. The first-order valence-electron chi connectivity index (χ1n) is 9.44. The van der Waals surface area contributed by atoms with E-state index in [1.165, 1.54) is 24.3 Å². The van der Waals surface area contributed by atoms with Crippen molar-refractivity contribution in [2.75, 3.05) is 38.1 Å². The lowest BCUT2D eigenvalue weighted by Crippen LogP contribution is -2.46. The number of anilines is 1. The number of piperazine rings is 1. The second kappa shape index (κ2) is 7.89. The second-order valence-corrected chi connectivity index (χ2v) is 7.68. The minimum Gasteiger partial charge on any atom is -0.364 e. The zero-order valence-corrected chi connectivity index (χ0v) is 17.0. The van der Waals surface area contributed by atoms with Crippen molar-refractivity contribution < 1.29 is 14.5 Å². The van der Waals surface area contributed by atoms with Gasteiger partial charge in [-0.3, -0.25) is 19.7 Å². The van der Waals surface area contributed by atoms with Gasteiger partial charge in [0.05, 0.1) is 16.2 Å². The van der Waals surface area contributed by atoms with Crippen molar-refractivity contribution in [2.45, 2.75) is 0 Å². The van der Waals surface area contributed by atoms with E-state index >= 15 is 0 Å². The number of hydrogen-bond acceptors (Lipinski definition) is 6. The Morgan fingerprint density at radius 2 is 1.50 bits per heavy atom. The lowest BCUT2D eigenvalue weighted by Gasteiger charge is -2.34. The molecule has 0 spiro atoms. The lowest BCUT2D eigenvalue weighted by atomic mass is 10.0. The number of nitro groups is 1. The Balaban J connectivity index is 1.79. The van der Waals surface area contributed by atoms with Crippen molar-refractivity contribution in [3.63, 3.8) is 0 Å². The van der Waals surface area contributed by atoms with Crippen LogP contribution in [0.3, 0.4) is 0 Å². The van der Waals surface area contributed by atoms with E-state index in [2.05, 4.69) is 4.90 Å². The number of rotatable bonds is 4. The molecule has 1 fully saturated rings. The van der Waals surface area contributed by atoms with Gasteiger partial charge in [-0.2, -0.15) is 0 Å². The van der Waals surface area contributed by atoms with Gasteiger partial charge in [0.25, 0.3) is 17.5 Å². The lowest BCUT2D eigenvalue weighted by molar-refractivity contribution is -0.384. The summed E-state index contributed by atoms with van der Waals surface area (Å²) in [7, 11) is 2.00. The Labute approximate surface area is 178 Å². The molecule has 0 radical (unpaired) electrons. The summed E-state index contributed by atoms with van der Waals surface area (Å²) in [6.45, 7) is 2.74. The molecule has 0 bridgehead atoms. The molecule has 2 aliphatic rings. The minimum atomic E-state index is -0.499. The van der Waals surface area contributed by atoms with Gasteiger partial charge in [0.15, 0.2) is 0 Å². The van der Waals surface area contributed by atoms with E-state index in [9.17, 15) is 19.7 Å². The minimum absolute atomic E-state index is 0.0770. The number of nitrogens with zero attached hydrogens (tertiary/aromatic N) is 4. The second-order valence-electron chi connectivity index (χ2n) is 7.24. The van der Waals surface area contributed by atoms with Crippen LogP contribution in [0.2, 0.25) is 5.02 Å². The third-order valence-corrected chi connectivity index (χ3v) is 5.58. The standard InChI is InChI=1S/C21H19ClN4O4/c1-23-10-12-24(13-11-23)19-18(14-2-6-17(7-3-14)26(29)30)20(27)25(21(19)28)16-8-4-15(22)5-9-16/h2-9H,10-13H2,1H3. The van der Waals surface area contributed by atoms with Gasteiger partial charge < -0.3 is 9.80 Å². The first kappa shape index (κ1) is 20.1. The van der Waals surface area contributed by atoms with Gasteiger partial charge in [0.2, 0.25) is 0 Å². The fourth-order valence-corrected chi connectivity index (χ4v) is 3.80. The third kappa shape index (κ3) is 3.55. The SMILES string of the molecule is CN1CCN(C2=C(c3ccc([N+](=O)[O-])cc3)C(=O)N(c3ccc(Cl)cc3)C2=O)CC1. The quantitative estimate of drug-likeness (QED) is 0.424. The largest absolute Gasteiger partial charge is 0.364 e. The highest BCUT2D eigenvalue weighted by Crippen LogP contribution is 2.36. The number of halogens is 1. The van der Waals surface area contributed by atoms with Crippen LogP contribution in [0.25, 0.3) is 5.57 Å². The molecule has 0 aliphatic carbocycles. The fraction of sp³-hybridized carbons (Fsp3) is 0.238. The van der Waals surface area contributed by atoms with Gasteiger partial charge in [0.1, 0.15) is 5.70 Å². The normalized spacial score (nSPS) is 17.8. The van der Waals surface area contributed by atoms with Crippen LogP contribution >= 0.6 is 11.6 Å². The zero-order chi connectivity index (χ0) is 21.4. The molecule has 0 unspecified atom stereocenters. The monoisotopic (exact) mass is 426 g/mol. The average Bonchev–Trinajstić information content (AvgIpc) is 3.00. The molecule has 2 aromatic rings. The van der Waals surface area contributed by atoms with Crippen molar-refractivity contribution in [1.29, 1.82) is 0 Å². The molecule has 0 aromatic heterocycles. The first-order valence-corrected chi connectivity index (χ1v) is 9.81. The van der Waals surface area contributed by atoms with Crippen LogP contribution < -0.4 is 4.90 Å². The maximum atomic E-state index is 13.4. The summed E-state index contributed by atoms with van der Waals surface area (Å²) in [5, 5.41) is 11.5. The van der Waals surface area contributed by atoms with Gasteiger partial charge in [-0.05, 0) is 49.0 Å². The van der Waals surface area contributed by atoms with Gasteiger partial charge in [-0.15, -0.1) is 0 Å². The van der Waals surface area contributed by atoms with E-state index in [4.69, 9.17) is 11.6 Å². The highest BCUT2D eigenvalue weighted by Gasteiger charge is 2.43. The van der Waals surface area contributed by atoms with Gasteiger partial charge in [-0.1, -0.05) is 11.6 Å². The van der Waals surface area contributed by atoms with Gasteiger partial charge in [0, 0.05) is 43.3 Å². The molecular weight excluding hydrogens is 408 g/mol. The Morgan fingerprint density at radius 1 is 0.900 bits per heavy atom. The van der Waals surface area contributed by atoms with Gasteiger partial charge in [-0.25, -0.2) is 4.90 Å². The molecule has 0 atom stereocenters. The smallest absolute Gasteiger partial charge is 0.282 e. The van der Waals surface area contributed by atoms with E-state index in [0.717, 1.165) is 18.0 Å². The summed E-state index contributed by atoms with van der Waals surface area (Å²) in [4.78, 5) is 42.5. The maximum absolute atomic E-state index is 13.4. The van der Waals surface area contributed by atoms with E-state index in [1.54, 1.807) is 24.3 Å². The Kier molecular flexibility index (Phi) is 5.27. The van der Waals surface area contributed by atoms with E-state index in [0.29, 0.717) is 35.1 Å². The molecule has 2 aliphatic heterocycles. The van der Waals surface area contributed by atoms with Crippen LogP contribution in [-0.4, -0.2) is 59.8 Å². The fourth-order valence-electron chi connectivity index (χ4n) is 3.68. The summed E-state index contributed by atoms with van der Waals surface area (Å²) in [5.41, 5.74) is 1.42. The van der Waals surface area contributed by atoms with Crippen LogP contribution in [0.15, 0.2) is 54.2 Å². The number of likely N-dealkylation sites (N-methyl/N-ethyl adjacent to an activating group) is 1. The number of carbonyl (C=O) groups excluding carboxylic acids is 2. The van der Waals surface area contributed by atoms with Crippen molar-refractivity contribution in [2.24, 2.45) is 0 Å². The molecule has 2 aromatic carbocycles. The molecule has 2 amide bonds. The van der Waals surface area contributed by atoms with E-state index < -0.39 is 16.7 Å². The first-order chi connectivity index (χ1) is 14.4. The van der Waals surface area contributed by atoms with E-state index in [1.807, 2.05) is 11.9 Å². The Bertz CT molecular complexity index is 1040. The van der Waals surface area contributed by atoms with Crippen LogP contribution in [0, 0.1) is 10.1 Å². The number of non-ortho nitro benzene ring substituents is 1. The number of benzene rings is 2. The summed E-state index contributed by atoms with van der Waals surface area (Å²) in [6, 6.07) is 12.2. The Morgan fingerprint density at radius 3 is 2.07 bits per heavy atom. The van der Waals surface area contributed by atoms with Crippen molar-refractivity contribution in [3.8, 4) is 0 Å². The summed E-state index contributed by atoms with van der Waals surface area (Å²) >= 11 is 5.95. The van der Waals surface area contributed by atoms with Crippen molar-refractivity contribution >= 4 is 40.4 Å². The molecule has 9 heteroatoms. The maximum Gasteiger partial charge on any atom is 0.282 e. The number of hydrogen-bond donors (Lipinski definition) is 0. The molecular formula is C21H19ClN4O4. The van der Waals surface area contributed by atoms with E-state index in [-0.39, 0.29) is 11.3 Å². The molecule has 30 heavy (non-hydrogen) atoms. The average molecular weight is 427 g/mol. The topological polar surface area (TPSA) is 87.0 Å². The predicted molar refractivity (Wildman–Crippen MR) is 113 cm³/mol. The Hall–Kier alpha value is -3.23. The molecule has 1 saturated heterocycles. The van der Waals surface area contributed by atoms with Crippen LogP contribution in [-0.2, 0) is 9.59 Å². The van der Waals surface area contributed by atoms with Gasteiger partial charge >= 0.3 is 0 Å². The predicted octanol–water partition coefficient (Wildman–Crippen LogP) is 2.78. The molecule has 4 rings (SSSR count). The zero-order valence-electron chi connectivity index (χ0n) is 16.2. The highest BCUT2D eigenvalue weighted by molar-refractivity contribution is 6.45.